The Hall–Kier alpha value is -3.11. The molecular weight excluding hydrogens is 362 g/mol. The van der Waals surface area contributed by atoms with Crippen LogP contribution >= 0.6 is 11.3 Å². The molecule has 0 atom stereocenters. The summed E-state index contributed by atoms with van der Waals surface area (Å²) in [4.78, 5) is 26.7. The Bertz CT molecular complexity index is 913. The monoisotopic (exact) mass is 381 g/mol. The van der Waals surface area contributed by atoms with E-state index < -0.39 is 0 Å². The number of fused-ring (bicyclic) bond motifs is 1. The minimum atomic E-state index is -0.355. The molecule has 1 aliphatic rings. The molecule has 1 N–H and O–H groups in total. The molecule has 6 nitrogen and oxygen atoms in total. The highest BCUT2D eigenvalue weighted by atomic mass is 32.1. The standard InChI is InChI=1S/C20H19N3O3S/c1-2-26-20(25)23-11-10-15-16(12-21)19(27-17(15)13-23)22-18(24)9-8-14-6-4-3-5-7-14/h3-9H,2,10-11,13H2,1H3,(H,22,24)/b9-8+. The van der Waals surface area contributed by atoms with Crippen molar-refractivity contribution in [2.75, 3.05) is 18.5 Å². The molecule has 0 fully saturated rings. The zero-order valence-corrected chi connectivity index (χ0v) is 15.7. The summed E-state index contributed by atoms with van der Waals surface area (Å²) in [7, 11) is 0. The molecule has 2 heterocycles. The van der Waals surface area contributed by atoms with Gasteiger partial charge >= 0.3 is 6.09 Å². The van der Waals surface area contributed by atoms with Gasteiger partial charge in [-0.15, -0.1) is 11.3 Å². The van der Waals surface area contributed by atoms with E-state index in [-0.39, 0.29) is 12.0 Å². The number of carbonyl (C=O) groups is 2. The van der Waals surface area contributed by atoms with Gasteiger partial charge in [-0.05, 0) is 30.5 Å². The van der Waals surface area contributed by atoms with E-state index in [1.54, 1.807) is 17.9 Å². The lowest BCUT2D eigenvalue weighted by Crippen LogP contribution is -2.35. The van der Waals surface area contributed by atoms with Crippen LogP contribution in [0.5, 0.6) is 0 Å². The second-order valence-electron chi connectivity index (χ2n) is 5.92. The fourth-order valence-corrected chi connectivity index (χ4v) is 4.09. The van der Waals surface area contributed by atoms with Gasteiger partial charge in [0.15, 0.2) is 0 Å². The van der Waals surface area contributed by atoms with Crippen molar-refractivity contribution in [3.63, 3.8) is 0 Å². The summed E-state index contributed by atoms with van der Waals surface area (Å²) in [5, 5.41) is 12.8. The van der Waals surface area contributed by atoms with Crippen molar-refractivity contribution >= 4 is 34.4 Å². The highest BCUT2D eigenvalue weighted by Gasteiger charge is 2.27. The Labute approximate surface area is 161 Å². The zero-order chi connectivity index (χ0) is 19.2. The molecule has 138 valence electrons. The number of benzene rings is 1. The number of hydrogen-bond donors (Lipinski definition) is 1. The van der Waals surface area contributed by atoms with Crippen LogP contribution in [-0.2, 0) is 22.5 Å². The van der Waals surface area contributed by atoms with E-state index in [1.807, 2.05) is 30.3 Å². The molecule has 1 aromatic carbocycles. The maximum absolute atomic E-state index is 12.2. The van der Waals surface area contributed by atoms with Gasteiger partial charge in [-0.3, -0.25) is 4.79 Å². The Balaban J connectivity index is 1.74. The van der Waals surface area contributed by atoms with E-state index in [4.69, 9.17) is 4.74 Å². The highest BCUT2D eigenvalue weighted by molar-refractivity contribution is 7.16. The highest BCUT2D eigenvalue weighted by Crippen LogP contribution is 2.36. The molecule has 0 radical (unpaired) electrons. The van der Waals surface area contributed by atoms with Crippen LogP contribution in [0.15, 0.2) is 36.4 Å². The van der Waals surface area contributed by atoms with Crippen LogP contribution in [0, 0.1) is 11.3 Å². The third kappa shape index (κ3) is 4.36. The third-order valence-electron chi connectivity index (χ3n) is 4.16. The van der Waals surface area contributed by atoms with Gasteiger partial charge in [-0.25, -0.2) is 4.79 Å². The molecule has 3 rings (SSSR count). The quantitative estimate of drug-likeness (QED) is 0.817. The van der Waals surface area contributed by atoms with Crippen LogP contribution in [0.25, 0.3) is 6.08 Å². The van der Waals surface area contributed by atoms with Crippen LogP contribution in [0.3, 0.4) is 0 Å². The van der Waals surface area contributed by atoms with Gasteiger partial charge in [-0.1, -0.05) is 30.3 Å². The van der Waals surface area contributed by atoms with Crippen LogP contribution in [0.1, 0.15) is 28.5 Å². The van der Waals surface area contributed by atoms with Crippen LogP contribution in [-0.4, -0.2) is 30.1 Å². The number of amides is 2. The third-order valence-corrected chi connectivity index (χ3v) is 5.29. The number of nitrogens with one attached hydrogen (secondary N) is 1. The number of nitrogens with zero attached hydrogens (tertiary/aromatic N) is 2. The van der Waals surface area contributed by atoms with E-state index in [1.165, 1.54) is 17.4 Å². The summed E-state index contributed by atoms with van der Waals surface area (Å²) in [6, 6.07) is 11.7. The molecule has 1 aliphatic heterocycles. The van der Waals surface area contributed by atoms with Gasteiger partial charge in [0.2, 0.25) is 5.91 Å². The fraction of sp³-hybridized carbons (Fsp3) is 0.250. The van der Waals surface area contributed by atoms with Crippen molar-refractivity contribution in [1.29, 1.82) is 5.26 Å². The number of anilines is 1. The summed E-state index contributed by atoms with van der Waals surface area (Å²) in [6.07, 6.45) is 3.38. The molecule has 7 heteroatoms. The minimum Gasteiger partial charge on any atom is -0.450 e. The normalized spacial score (nSPS) is 13.1. The lowest BCUT2D eigenvalue weighted by Gasteiger charge is -2.25. The number of thiophene rings is 1. The minimum absolute atomic E-state index is 0.295. The van der Waals surface area contributed by atoms with Crippen molar-refractivity contribution in [2.24, 2.45) is 0 Å². The molecule has 0 aliphatic carbocycles. The first-order valence-corrected chi connectivity index (χ1v) is 9.44. The number of rotatable bonds is 4. The number of carbonyl (C=O) groups excluding carboxylic acids is 2. The van der Waals surface area contributed by atoms with Gasteiger partial charge in [0.1, 0.15) is 11.1 Å². The Morgan fingerprint density at radius 2 is 2.15 bits per heavy atom. The summed E-state index contributed by atoms with van der Waals surface area (Å²) < 4.78 is 5.05. The molecule has 0 saturated heterocycles. The van der Waals surface area contributed by atoms with E-state index >= 15 is 0 Å². The van der Waals surface area contributed by atoms with E-state index in [0.29, 0.717) is 36.7 Å². The molecule has 0 bridgehead atoms. The molecule has 0 spiro atoms. The average Bonchev–Trinajstić information content (AvgIpc) is 3.03. The van der Waals surface area contributed by atoms with Crippen molar-refractivity contribution in [1.82, 2.24) is 4.90 Å². The molecule has 1 aromatic heterocycles. The predicted octanol–water partition coefficient (Wildman–Crippen LogP) is 3.79. The van der Waals surface area contributed by atoms with Crippen LogP contribution in [0.4, 0.5) is 9.80 Å². The number of nitriles is 1. The van der Waals surface area contributed by atoms with Crippen LogP contribution < -0.4 is 5.32 Å². The Morgan fingerprint density at radius 1 is 1.37 bits per heavy atom. The summed E-state index contributed by atoms with van der Waals surface area (Å²) >= 11 is 1.34. The van der Waals surface area contributed by atoms with E-state index in [2.05, 4.69) is 11.4 Å². The van der Waals surface area contributed by atoms with Crippen molar-refractivity contribution in [2.45, 2.75) is 19.9 Å². The summed E-state index contributed by atoms with van der Waals surface area (Å²) in [5.41, 5.74) is 2.31. The molecule has 27 heavy (non-hydrogen) atoms. The van der Waals surface area contributed by atoms with Crippen LogP contribution in [0.2, 0.25) is 0 Å². The number of hydrogen-bond acceptors (Lipinski definition) is 5. The van der Waals surface area contributed by atoms with Crippen molar-refractivity contribution < 1.29 is 14.3 Å². The smallest absolute Gasteiger partial charge is 0.410 e. The predicted molar refractivity (Wildman–Crippen MR) is 104 cm³/mol. The van der Waals surface area contributed by atoms with Crippen molar-refractivity contribution in [3.05, 3.63) is 58.0 Å². The second-order valence-corrected chi connectivity index (χ2v) is 7.03. The first-order valence-electron chi connectivity index (χ1n) is 8.62. The molecular formula is C20H19N3O3S. The zero-order valence-electron chi connectivity index (χ0n) is 14.9. The SMILES string of the molecule is CCOC(=O)N1CCc2c(sc(NC(=O)/C=C/c3ccccc3)c2C#N)C1. The topological polar surface area (TPSA) is 82.4 Å². The van der Waals surface area contributed by atoms with Gasteiger partial charge in [0.25, 0.3) is 0 Å². The lowest BCUT2D eigenvalue weighted by atomic mass is 10.0. The Morgan fingerprint density at radius 3 is 2.85 bits per heavy atom. The molecule has 2 aromatic rings. The Kier molecular flexibility index (Phi) is 5.89. The number of ether oxygens (including phenoxy) is 1. The maximum Gasteiger partial charge on any atom is 0.410 e. The van der Waals surface area contributed by atoms with Gasteiger partial charge in [-0.2, -0.15) is 5.26 Å². The first-order chi connectivity index (χ1) is 13.1. The fourth-order valence-electron chi connectivity index (χ4n) is 2.87. The van der Waals surface area contributed by atoms with E-state index in [9.17, 15) is 14.9 Å². The maximum atomic E-state index is 12.2. The van der Waals surface area contributed by atoms with Gasteiger partial charge in [0.05, 0.1) is 18.7 Å². The lowest BCUT2D eigenvalue weighted by molar-refractivity contribution is -0.111. The second kappa shape index (κ2) is 8.52. The largest absolute Gasteiger partial charge is 0.450 e. The van der Waals surface area contributed by atoms with Gasteiger partial charge in [0, 0.05) is 17.5 Å². The van der Waals surface area contributed by atoms with E-state index in [0.717, 1.165) is 16.0 Å². The molecule has 0 saturated carbocycles. The first kappa shape index (κ1) is 18.7. The molecule has 2 amide bonds. The van der Waals surface area contributed by atoms with Gasteiger partial charge < -0.3 is 15.0 Å². The van der Waals surface area contributed by atoms with Crippen molar-refractivity contribution in [3.8, 4) is 6.07 Å². The molecule has 0 unspecified atom stereocenters. The summed E-state index contributed by atoms with van der Waals surface area (Å²) in [5.74, 6) is -0.295. The average molecular weight is 381 g/mol. The summed E-state index contributed by atoms with van der Waals surface area (Å²) in [6.45, 7) is 2.98.